The molecule has 0 aliphatic carbocycles. The van der Waals surface area contributed by atoms with Gasteiger partial charge in [0.15, 0.2) is 0 Å². The van der Waals surface area contributed by atoms with Crippen molar-refractivity contribution in [1.29, 1.82) is 0 Å². The third kappa shape index (κ3) is 7.81. The number of nitrogens with two attached hydrogens (primary N) is 1. The van der Waals surface area contributed by atoms with Gasteiger partial charge in [-0.3, -0.25) is 19.4 Å². The van der Waals surface area contributed by atoms with Gasteiger partial charge in [-0.1, -0.05) is 48.5 Å². The summed E-state index contributed by atoms with van der Waals surface area (Å²) in [6, 6.07) is 33.8. The van der Waals surface area contributed by atoms with Crippen molar-refractivity contribution in [1.82, 2.24) is 4.48 Å². The van der Waals surface area contributed by atoms with E-state index in [-0.39, 0.29) is 12.8 Å². The fraction of sp³-hybridized carbons (Fsp3) is 0.176. The standard InChI is InChI=1S/C34H30N2O4.2NO3/c37-31(38)19-9-21-36(22-10-20-32(39)40)29-17-7-3-13-25(29)34(26-14-4-8-18-30(26)36)33-23-11-1-5-15-27(23)35-28-16-6-2-12-24(28)33;2*2-1(3)4/h1-8,11-18,35H,9-10,19-22H2,(H-,37,38,39,40);;/q;2*-1/p+2. The van der Waals surface area contributed by atoms with Crippen molar-refractivity contribution in [2.45, 2.75) is 25.7 Å². The summed E-state index contributed by atoms with van der Waals surface area (Å²) in [6.07, 6.45) is 1.09. The minimum absolute atomic E-state index is 0.0633. The van der Waals surface area contributed by atoms with Crippen LogP contribution in [-0.2, 0) is 9.59 Å². The molecule has 2 heterocycles. The second-order valence-corrected chi connectivity index (χ2v) is 11.0. The number of carbonyl (C=O) groups is 2. The van der Waals surface area contributed by atoms with Gasteiger partial charge in [0, 0.05) is 70.5 Å². The largest absolute Gasteiger partial charge is 0.481 e. The van der Waals surface area contributed by atoms with E-state index in [1.807, 2.05) is 12.1 Å². The summed E-state index contributed by atoms with van der Waals surface area (Å²) in [5, 5.41) is 50.7. The molecule has 0 radical (unpaired) electrons. The fourth-order valence-corrected chi connectivity index (χ4v) is 6.54. The lowest BCUT2D eigenvalue weighted by Crippen LogP contribution is -2.73. The summed E-state index contributed by atoms with van der Waals surface area (Å²) >= 11 is 0. The number of nitrogens with zero attached hydrogens (tertiary/aromatic N) is 3. The Balaban J connectivity index is 0.000000588. The molecule has 6 rings (SSSR count). The summed E-state index contributed by atoms with van der Waals surface area (Å²) in [6.45, 7) is 1.15. The number of quaternary nitrogens is 2. The lowest BCUT2D eigenvalue weighted by atomic mass is 9.79. The number of rotatable bonds is 8. The number of hydrogen-bond acceptors (Lipinski definition) is 8. The Kier molecular flexibility index (Phi) is 11.2. The highest BCUT2D eigenvalue weighted by atomic mass is 16.9. The van der Waals surface area contributed by atoms with Crippen molar-refractivity contribution in [3.63, 3.8) is 0 Å². The van der Waals surface area contributed by atoms with Gasteiger partial charge in [-0.25, -0.2) is 0 Å². The number of hydrogen-bond donors (Lipinski definition) is 3. The summed E-state index contributed by atoms with van der Waals surface area (Å²) in [4.78, 5) is 39.6. The lowest BCUT2D eigenvalue weighted by Gasteiger charge is -2.44. The molecule has 4 N–H and O–H groups in total. The van der Waals surface area contributed by atoms with Crippen molar-refractivity contribution in [2.75, 3.05) is 13.1 Å². The molecule has 0 aromatic heterocycles. The van der Waals surface area contributed by atoms with Gasteiger partial charge in [-0.2, -0.15) is 0 Å². The third-order valence-corrected chi connectivity index (χ3v) is 8.15. The zero-order valence-electron chi connectivity index (χ0n) is 25.6. The molecule has 0 amide bonds. The highest BCUT2D eigenvalue weighted by molar-refractivity contribution is 6.13. The highest BCUT2D eigenvalue weighted by Gasteiger charge is 2.44. The van der Waals surface area contributed by atoms with Crippen molar-refractivity contribution < 1.29 is 35.3 Å². The first-order valence-corrected chi connectivity index (χ1v) is 14.9. The molecular weight excluding hydrogens is 624 g/mol. The molecule has 0 unspecified atom stereocenters. The van der Waals surface area contributed by atoms with E-state index in [4.69, 9.17) is 30.6 Å². The molecule has 0 saturated carbocycles. The predicted molar refractivity (Wildman–Crippen MR) is 178 cm³/mol. The summed E-state index contributed by atoms with van der Waals surface area (Å²) in [5.41, 5.74) is 11.4. The average molecular weight is 657 g/mol. The van der Waals surface area contributed by atoms with Gasteiger partial charge in [0.25, 0.3) is 0 Å². The summed E-state index contributed by atoms with van der Waals surface area (Å²) in [7, 11) is 0. The maximum atomic E-state index is 11.5. The zero-order chi connectivity index (χ0) is 34.8. The van der Waals surface area contributed by atoms with Crippen LogP contribution in [0.15, 0.2) is 97.1 Å². The number of carboxylic acid groups (broad SMARTS) is 2. The van der Waals surface area contributed by atoms with E-state index in [2.05, 4.69) is 90.2 Å². The second-order valence-electron chi connectivity index (χ2n) is 11.0. The molecule has 0 spiro atoms. The van der Waals surface area contributed by atoms with E-state index in [0.29, 0.717) is 30.4 Å². The Morgan fingerprint density at radius 1 is 0.562 bits per heavy atom. The first kappa shape index (κ1) is 34.7. The molecule has 2 aliphatic rings. The number of carboxylic acids is 2. The molecule has 2 aliphatic heterocycles. The fourth-order valence-electron chi connectivity index (χ4n) is 6.54. The van der Waals surface area contributed by atoms with Crippen LogP contribution in [0.3, 0.4) is 0 Å². The maximum absolute atomic E-state index is 11.5. The molecule has 0 fully saturated rings. The number of fused-ring (bicyclic) bond motifs is 4. The van der Waals surface area contributed by atoms with Crippen molar-refractivity contribution in [2.24, 2.45) is 0 Å². The Bertz CT molecular complexity index is 1740. The minimum atomic E-state index is -1.75. The highest BCUT2D eigenvalue weighted by Crippen LogP contribution is 2.54. The van der Waals surface area contributed by atoms with Crippen molar-refractivity contribution in [3.05, 3.63) is 150 Å². The summed E-state index contributed by atoms with van der Waals surface area (Å²) < 4.78 is 0.430. The minimum Gasteiger partial charge on any atom is -0.481 e. The zero-order valence-corrected chi connectivity index (χ0v) is 25.6. The molecule has 48 heavy (non-hydrogen) atoms. The molecular formula is C34H32N4O10. The van der Waals surface area contributed by atoms with Crippen molar-refractivity contribution >= 4 is 45.8 Å². The van der Waals surface area contributed by atoms with Crippen LogP contribution in [0.2, 0.25) is 0 Å². The van der Waals surface area contributed by atoms with E-state index in [1.165, 1.54) is 28.1 Å². The Morgan fingerprint density at radius 3 is 1.25 bits per heavy atom. The number of aliphatic carboxylic acids is 2. The maximum Gasteiger partial charge on any atom is 0.303 e. The van der Waals surface area contributed by atoms with Crippen LogP contribution in [-0.4, -0.2) is 45.4 Å². The van der Waals surface area contributed by atoms with Gasteiger partial charge in [0.05, 0.1) is 36.1 Å². The summed E-state index contributed by atoms with van der Waals surface area (Å²) in [5.74, 6) is -1.64. The quantitative estimate of drug-likeness (QED) is 0.0795. The predicted octanol–water partition coefficient (Wildman–Crippen LogP) is 5.74. The first-order valence-electron chi connectivity index (χ1n) is 14.9. The van der Waals surface area contributed by atoms with Crippen LogP contribution in [0.5, 0.6) is 0 Å². The molecule has 4 aromatic rings. The molecule has 0 bridgehead atoms. The first-order chi connectivity index (χ1) is 23.0. The van der Waals surface area contributed by atoms with E-state index in [1.54, 1.807) is 0 Å². The van der Waals surface area contributed by atoms with Crippen LogP contribution in [0.4, 0.5) is 22.7 Å². The van der Waals surface area contributed by atoms with E-state index in [9.17, 15) is 19.8 Å². The SMILES string of the molecule is O=C(O)CCC[N+]1(CCCC(=O)O)c2ccccc2C(=C2c3ccccc3[NH2+]c3ccccc32)c2ccccc21.O=[N+]([O-])[O-].O=[N+]([O-])[O-]. The Morgan fingerprint density at radius 2 is 0.875 bits per heavy atom. The number of para-hydroxylation sites is 4. The molecule has 14 heteroatoms. The molecule has 4 aromatic carbocycles. The van der Waals surface area contributed by atoms with Gasteiger partial charge < -0.3 is 40.9 Å². The second kappa shape index (κ2) is 15.4. The smallest absolute Gasteiger partial charge is 0.303 e. The van der Waals surface area contributed by atoms with Crippen LogP contribution in [0, 0.1) is 30.6 Å². The van der Waals surface area contributed by atoms with E-state index in [0.717, 1.165) is 28.1 Å². The van der Waals surface area contributed by atoms with Gasteiger partial charge in [0.1, 0.15) is 22.7 Å². The Hall–Kier alpha value is -6.12. The molecule has 0 saturated heterocycles. The van der Waals surface area contributed by atoms with E-state index < -0.39 is 22.1 Å². The van der Waals surface area contributed by atoms with Crippen LogP contribution < -0.4 is 9.80 Å². The van der Waals surface area contributed by atoms with Gasteiger partial charge in [-0.05, 0) is 24.3 Å². The van der Waals surface area contributed by atoms with Gasteiger partial charge >= 0.3 is 11.9 Å². The van der Waals surface area contributed by atoms with Crippen LogP contribution >= 0.6 is 0 Å². The molecule has 14 nitrogen and oxygen atoms in total. The Labute approximate surface area is 274 Å². The molecule has 248 valence electrons. The van der Waals surface area contributed by atoms with Crippen molar-refractivity contribution in [3.8, 4) is 0 Å². The third-order valence-electron chi connectivity index (χ3n) is 8.15. The van der Waals surface area contributed by atoms with Crippen LogP contribution in [0.1, 0.15) is 47.9 Å². The van der Waals surface area contributed by atoms with Gasteiger partial charge in [-0.15, -0.1) is 0 Å². The van der Waals surface area contributed by atoms with Crippen LogP contribution in [0.25, 0.3) is 11.1 Å². The van der Waals surface area contributed by atoms with E-state index >= 15 is 0 Å². The lowest BCUT2D eigenvalue weighted by molar-refractivity contribution is -0.480. The normalized spacial score (nSPS) is 13.1. The topological polar surface area (TPSA) is 224 Å². The monoisotopic (exact) mass is 656 g/mol. The number of benzene rings is 4. The molecule has 0 atom stereocenters. The van der Waals surface area contributed by atoms with Gasteiger partial charge in [0.2, 0.25) is 0 Å². The average Bonchev–Trinajstić information content (AvgIpc) is 3.03.